The smallest absolute Gasteiger partial charge is 0.164 e. The summed E-state index contributed by atoms with van der Waals surface area (Å²) >= 11 is 0. The molecule has 53 heavy (non-hydrogen) atoms. The van der Waals surface area contributed by atoms with E-state index in [1.165, 1.54) is 27.6 Å². The Hall–Kier alpha value is -6.92. The summed E-state index contributed by atoms with van der Waals surface area (Å²) in [7, 11) is 0. The highest BCUT2D eigenvalue weighted by molar-refractivity contribution is 6.08. The Kier molecular flexibility index (Phi) is 6.20. The van der Waals surface area contributed by atoms with E-state index >= 15 is 0 Å². The number of aromatic nitrogens is 5. The van der Waals surface area contributed by atoms with Gasteiger partial charge in [0.05, 0.1) is 5.52 Å². The van der Waals surface area contributed by atoms with Crippen LogP contribution in [0.5, 0.6) is 0 Å². The molecule has 0 fully saturated rings. The highest BCUT2D eigenvalue weighted by Crippen LogP contribution is 2.52. The molecule has 6 nitrogen and oxygen atoms in total. The topological polar surface area (TPSA) is 69.6 Å². The molecule has 0 unspecified atom stereocenters. The van der Waals surface area contributed by atoms with Gasteiger partial charge >= 0.3 is 0 Å². The Labute approximate surface area is 305 Å². The largest absolute Gasteiger partial charge is 0.456 e. The zero-order valence-electron chi connectivity index (χ0n) is 29.1. The molecule has 6 heteroatoms. The molecular formula is C47H31N5O. The quantitative estimate of drug-likeness (QED) is 0.185. The molecule has 0 saturated carbocycles. The van der Waals surface area contributed by atoms with Crippen LogP contribution in [0, 0.1) is 0 Å². The van der Waals surface area contributed by atoms with Gasteiger partial charge in [-0.25, -0.2) is 19.9 Å². The van der Waals surface area contributed by atoms with Gasteiger partial charge in [-0.05, 0) is 70.8 Å². The fourth-order valence-corrected chi connectivity index (χ4v) is 8.46. The van der Waals surface area contributed by atoms with E-state index in [9.17, 15) is 0 Å². The number of hydrogen-bond donors (Lipinski definition) is 0. The van der Waals surface area contributed by atoms with Crippen molar-refractivity contribution in [1.29, 1.82) is 0 Å². The molecule has 11 rings (SSSR count). The molecule has 6 aromatic carbocycles. The van der Waals surface area contributed by atoms with Crippen molar-refractivity contribution in [2.45, 2.75) is 19.3 Å². The molecule has 0 amide bonds. The maximum atomic E-state index is 6.27. The predicted octanol–water partition coefficient (Wildman–Crippen LogP) is 11.6. The van der Waals surface area contributed by atoms with Gasteiger partial charge in [0.25, 0.3) is 0 Å². The normalized spacial score (nSPS) is 13.2. The highest BCUT2D eigenvalue weighted by atomic mass is 16.3. The zero-order valence-corrected chi connectivity index (χ0v) is 29.1. The van der Waals surface area contributed by atoms with E-state index in [1.807, 2.05) is 66.9 Å². The van der Waals surface area contributed by atoms with E-state index in [-0.39, 0.29) is 5.41 Å². The molecule has 4 heterocycles. The summed E-state index contributed by atoms with van der Waals surface area (Å²) in [6, 6.07) is 50.5. The molecule has 0 spiro atoms. The number of para-hydroxylation sites is 2. The van der Waals surface area contributed by atoms with Crippen LogP contribution in [0.25, 0.3) is 94.9 Å². The number of fused-ring (bicyclic) bond motifs is 9. The van der Waals surface area contributed by atoms with Crippen LogP contribution in [-0.4, -0.2) is 24.5 Å². The van der Waals surface area contributed by atoms with Gasteiger partial charge in [0, 0.05) is 55.5 Å². The van der Waals surface area contributed by atoms with E-state index in [2.05, 4.69) is 103 Å². The molecule has 0 radical (unpaired) electrons. The lowest BCUT2D eigenvalue weighted by Gasteiger charge is -2.24. The third-order valence-electron chi connectivity index (χ3n) is 10.9. The van der Waals surface area contributed by atoms with Crippen molar-refractivity contribution in [3.63, 3.8) is 0 Å². The number of nitrogens with zero attached hydrogens (tertiary/aromatic N) is 5. The minimum absolute atomic E-state index is 0.351. The molecule has 0 saturated heterocycles. The summed E-state index contributed by atoms with van der Waals surface area (Å²) in [5, 5.41) is 4.50. The third-order valence-corrected chi connectivity index (χ3v) is 10.9. The Morgan fingerprint density at radius 1 is 0.509 bits per heavy atom. The van der Waals surface area contributed by atoms with Crippen molar-refractivity contribution in [2.75, 3.05) is 0 Å². The van der Waals surface area contributed by atoms with Crippen LogP contribution in [0.2, 0.25) is 0 Å². The Bertz CT molecular complexity index is 3050. The first-order chi connectivity index (χ1) is 26.0. The summed E-state index contributed by atoms with van der Waals surface area (Å²) < 4.78 is 8.56. The average molecular weight is 682 g/mol. The van der Waals surface area contributed by atoms with E-state index < -0.39 is 0 Å². The van der Waals surface area contributed by atoms with Gasteiger partial charge in [0.15, 0.2) is 17.5 Å². The molecular weight excluding hydrogens is 651 g/mol. The van der Waals surface area contributed by atoms with Gasteiger partial charge in [-0.2, -0.15) is 0 Å². The summed E-state index contributed by atoms with van der Waals surface area (Å²) in [6.07, 6.45) is 1.87. The highest BCUT2D eigenvalue weighted by Gasteiger charge is 2.38. The minimum atomic E-state index is -0.351. The van der Waals surface area contributed by atoms with Crippen molar-refractivity contribution in [1.82, 2.24) is 24.5 Å². The zero-order chi connectivity index (χ0) is 35.3. The predicted molar refractivity (Wildman–Crippen MR) is 213 cm³/mol. The summed E-state index contributed by atoms with van der Waals surface area (Å²) in [4.78, 5) is 20.3. The van der Waals surface area contributed by atoms with Crippen molar-refractivity contribution < 1.29 is 4.42 Å². The fraction of sp³-hybridized carbons (Fsp3) is 0.0638. The lowest BCUT2D eigenvalue weighted by atomic mass is 9.80. The molecule has 4 aromatic heterocycles. The van der Waals surface area contributed by atoms with Crippen LogP contribution < -0.4 is 0 Å². The average Bonchev–Trinajstić information content (AvgIpc) is 3.83. The van der Waals surface area contributed by atoms with Crippen LogP contribution in [0.15, 0.2) is 156 Å². The second-order valence-electron chi connectivity index (χ2n) is 14.3. The van der Waals surface area contributed by atoms with Gasteiger partial charge in [0.2, 0.25) is 0 Å². The van der Waals surface area contributed by atoms with Crippen LogP contribution >= 0.6 is 0 Å². The van der Waals surface area contributed by atoms with Crippen LogP contribution in [-0.2, 0) is 5.41 Å². The van der Waals surface area contributed by atoms with Gasteiger partial charge in [-0.1, -0.05) is 111 Å². The minimum Gasteiger partial charge on any atom is -0.456 e. The second kappa shape index (κ2) is 11.0. The molecule has 10 aromatic rings. The SMILES string of the molecule is CC1(C)c2cc(-n3c4ccccc4c4cccnc43)ccc2-c2cccc(-c3nc(-c4ccccc4)nc(-c4ccc5c(c4)oc4ccccc45)n3)c21. The van der Waals surface area contributed by atoms with Crippen LogP contribution in [0.1, 0.15) is 25.0 Å². The summed E-state index contributed by atoms with van der Waals surface area (Å²) in [5.41, 5.74) is 12.2. The molecule has 0 N–H and O–H groups in total. The number of benzene rings is 6. The van der Waals surface area contributed by atoms with Gasteiger partial charge in [0.1, 0.15) is 16.8 Å². The first kappa shape index (κ1) is 29.8. The first-order valence-corrected chi connectivity index (χ1v) is 17.9. The second-order valence-corrected chi connectivity index (χ2v) is 14.3. The van der Waals surface area contributed by atoms with Gasteiger partial charge in [-0.3, -0.25) is 4.57 Å². The van der Waals surface area contributed by atoms with Crippen molar-refractivity contribution in [3.8, 4) is 51.0 Å². The van der Waals surface area contributed by atoms with Crippen molar-refractivity contribution in [2.24, 2.45) is 0 Å². The van der Waals surface area contributed by atoms with Gasteiger partial charge < -0.3 is 4.42 Å². The van der Waals surface area contributed by atoms with Gasteiger partial charge in [-0.15, -0.1) is 0 Å². The Morgan fingerprint density at radius 2 is 1.23 bits per heavy atom. The Balaban J connectivity index is 1.09. The maximum absolute atomic E-state index is 6.27. The first-order valence-electron chi connectivity index (χ1n) is 17.9. The Morgan fingerprint density at radius 3 is 2.11 bits per heavy atom. The lowest BCUT2D eigenvalue weighted by Crippen LogP contribution is -2.17. The van der Waals surface area contributed by atoms with E-state index in [4.69, 9.17) is 24.4 Å². The summed E-state index contributed by atoms with van der Waals surface area (Å²) in [5.74, 6) is 1.87. The van der Waals surface area contributed by atoms with E-state index in [0.717, 1.165) is 60.9 Å². The molecule has 1 aliphatic rings. The monoisotopic (exact) mass is 681 g/mol. The molecule has 1 aliphatic carbocycles. The maximum Gasteiger partial charge on any atom is 0.164 e. The fourth-order valence-electron chi connectivity index (χ4n) is 8.46. The van der Waals surface area contributed by atoms with Crippen LogP contribution in [0.4, 0.5) is 0 Å². The number of furan rings is 1. The third kappa shape index (κ3) is 4.39. The van der Waals surface area contributed by atoms with E-state index in [0.29, 0.717) is 17.5 Å². The van der Waals surface area contributed by atoms with E-state index in [1.54, 1.807) is 0 Å². The van der Waals surface area contributed by atoms with Crippen molar-refractivity contribution in [3.05, 3.63) is 163 Å². The molecule has 0 atom stereocenters. The summed E-state index contributed by atoms with van der Waals surface area (Å²) in [6.45, 7) is 4.62. The van der Waals surface area contributed by atoms with Crippen molar-refractivity contribution >= 4 is 43.9 Å². The number of hydrogen-bond acceptors (Lipinski definition) is 5. The van der Waals surface area contributed by atoms with Crippen LogP contribution in [0.3, 0.4) is 0 Å². The molecule has 0 aliphatic heterocycles. The molecule has 0 bridgehead atoms. The molecule has 250 valence electrons. The number of pyridine rings is 1. The lowest BCUT2D eigenvalue weighted by molar-refractivity contribution is 0.660. The standard InChI is InChI=1S/C47H31N5O/c1-47(2)38-27-30(52-39-19-8-6-14-32(39)36-18-11-25-48-46(36)52)22-24-31(38)35-16-10-17-37(42(35)47)45-50-43(28-12-4-3-5-13-28)49-44(51-45)29-21-23-34-33-15-7-9-20-40(33)53-41(34)26-29/h3-27H,1-2H3. The number of rotatable bonds is 4.